The molecule has 3 rings (SSSR count). The summed E-state index contributed by atoms with van der Waals surface area (Å²) in [6, 6.07) is 5.24. The second kappa shape index (κ2) is 8.11. The number of carbonyl (C=O) groups is 1. The molecule has 1 aromatic carbocycles. The van der Waals surface area contributed by atoms with Gasteiger partial charge in [-0.15, -0.1) is 13.2 Å². The normalized spacial score (nSPS) is 14.0. The molecule has 1 aliphatic rings. The van der Waals surface area contributed by atoms with E-state index in [0.29, 0.717) is 18.8 Å². The van der Waals surface area contributed by atoms with E-state index in [4.69, 9.17) is 4.52 Å². The van der Waals surface area contributed by atoms with Gasteiger partial charge in [0.2, 0.25) is 11.7 Å². The summed E-state index contributed by atoms with van der Waals surface area (Å²) in [7, 11) is 0. The molecule has 2 aromatic rings. The minimum absolute atomic E-state index is 0.0689. The zero-order valence-corrected chi connectivity index (χ0v) is 14.7. The van der Waals surface area contributed by atoms with Crippen LogP contribution in [0.2, 0.25) is 0 Å². The molecule has 1 aliphatic heterocycles. The van der Waals surface area contributed by atoms with Crippen LogP contribution in [0.1, 0.15) is 12.8 Å². The van der Waals surface area contributed by atoms with Crippen molar-refractivity contribution in [2.24, 2.45) is 5.10 Å². The molecule has 1 amide bonds. The summed E-state index contributed by atoms with van der Waals surface area (Å²) in [5, 5.41) is 12.3. The smallest absolute Gasteiger partial charge is 0.406 e. The van der Waals surface area contributed by atoms with Crippen molar-refractivity contribution in [2.45, 2.75) is 13.3 Å². The maximum Gasteiger partial charge on any atom is 0.573 e. The second-order valence-corrected chi connectivity index (χ2v) is 5.69. The summed E-state index contributed by atoms with van der Waals surface area (Å²) in [4.78, 5) is 15.9. The van der Waals surface area contributed by atoms with Gasteiger partial charge in [0.15, 0.2) is 0 Å². The van der Waals surface area contributed by atoms with Crippen LogP contribution in [0, 0.1) is 0 Å². The number of likely N-dealkylation sites (N-methyl/N-ethyl adjacent to an activating group) is 1. The molecule has 1 aromatic heterocycles. The summed E-state index contributed by atoms with van der Waals surface area (Å²) >= 11 is 0. The Morgan fingerprint density at radius 2 is 2.21 bits per heavy atom. The van der Waals surface area contributed by atoms with E-state index in [0.717, 1.165) is 6.07 Å². The van der Waals surface area contributed by atoms with E-state index in [2.05, 4.69) is 25.3 Å². The molecule has 0 aliphatic carbocycles. The first-order valence-corrected chi connectivity index (χ1v) is 8.31. The van der Waals surface area contributed by atoms with Gasteiger partial charge in [0.05, 0.1) is 6.54 Å². The molecule has 0 atom stereocenters. The van der Waals surface area contributed by atoms with Crippen LogP contribution in [0.3, 0.4) is 0 Å². The van der Waals surface area contributed by atoms with Crippen LogP contribution < -0.4 is 10.1 Å². The van der Waals surface area contributed by atoms with Crippen molar-refractivity contribution in [1.82, 2.24) is 20.5 Å². The number of halogens is 3. The molecule has 0 fully saturated rings. The SMILES string of the molecule is CCNC(=O)CN1CC=CC(c2nc(-c3cccc(OC(F)(F)F)c3)no2)=N1. The third-order valence-corrected chi connectivity index (χ3v) is 3.51. The first-order chi connectivity index (χ1) is 13.3. The first-order valence-electron chi connectivity index (χ1n) is 8.31. The van der Waals surface area contributed by atoms with E-state index in [-0.39, 0.29) is 35.5 Å². The Kier molecular flexibility index (Phi) is 5.62. The molecule has 11 heteroatoms. The predicted molar refractivity (Wildman–Crippen MR) is 92.4 cm³/mol. The fourth-order valence-corrected chi connectivity index (χ4v) is 2.42. The minimum Gasteiger partial charge on any atom is -0.406 e. The van der Waals surface area contributed by atoms with Crippen molar-refractivity contribution >= 4 is 11.6 Å². The Morgan fingerprint density at radius 1 is 1.39 bits per heavy atom. The lowest BCUT2D eigenvalue weighted by Crippen LogP contribution is -2.36. The Bertz CT molecular complexity index is 907. The topological polar surface area (TPSA) is 92.9 Å². The number of benzene rings is 1. The number of rotatable bonds is 6. The largest absolute Gasteiger partial charge is 0.573 e. The van der Waals surface area contributed by atoms with Gasteiger partial charge in [-0.1, -0.05) is 23.4 Å². The molecule has 8 nitrogen and oxygen atoms in total. The average molecular weight is 395 g/mol. The quantitative estimate of drug-likeness (QED) is 0.807. The fraction of sp³-hybridized carbons (Fsp3) is 0.294. The van der Waals surface area contributed by atoms with Crippen molar-refractivity contribution < 1.29 is 27.2 Å². The van der Waals surface area contributed by atoms with E-state index in [1.165, 1.54) is 23.2 Å². The van der Waals surface area contributed by atoms with Gasteiger partial charge in [-0.2, -0.15) is 10.1 Å². The Morgan fingerprint density at radius 3 is 2.96 bits per heavy atom. The molecule has 28 heavy (non-hydrogen) atoms. The van der Waals surface area contributed by atoms with E-state index in [1.54, 1.807) is 12.2 Å². The maximum atomic E-state index is 12.4. The Balaban J connectivity index is 1.76. The van der Waals surface area contributed by atoms with Gasteiger partial charge in [0.25, 0.3) is 5.89 Å². The number of amides is 1. The number of ether oxygens (including phenoxy) is 1. The van der Waals surface area contributed by atoms with Crippen molar-refractivity contribution in [3.05, 3.63) is 42.3 Å². The fourth-order valence-electron chi connectivity index (χ4n) is 2.42. The lowest BCUT2D eigenvalue weighted by molar-refractivity contribution is -0.274. The van der Waals surface area contributed by atoms with Gasteiger partial charge in [-0.25, -0.2) is 0 Å². The van der Waals surface area contributed by atoms with E-state index >= 15 is 0 Å². The second-order valence-electron chi connectivity index (χ2n) is 5.69. The highest BCUT2D eigenvalue weighted by Crippen LogP contribution is 2.26. The number of carbonyl (C=O) groups excluding carboxylic acids is 1. The molecule has 0 saturated carbocycles. The standard InChI is InChI=1S/C17H16F3N5O3/c1-2-21-14(26)10-25-8-4-7-13(23-25)16-22-15(24-28-16)11-5-3-6-12(9-11)27-17(18,19)20/h3-7,9H,2,8,10H2,1H3,(H,21,26). The zero-order valence-electron chi connectivity index (χ0n) is 14.7. The van der Waals surface area contributed by atoms with Crippen LogP contribution in [-0.4, -0.2) is 52.8 Å². The summed E-state index contributed by atoms with van der Waals surface area (Å²) in [5.74, 6) is -0.401. The molecule has 0 saturated heterocycles. The Labute approximate surface area is 157 Å². The summed E-state index contributed by atoms with van der Waals surface area (Å²) in [6.45, 7) is 2.85. The van der Waals surface area contributed by atoms with Gasteiger partial charge in [-0.05, 0) is 25.1 Å². The number of alkyl halides is 3. The summed E-state index contributed by atoms with van der Waals surface area (Å²) < 4.78 is 46.2. The van der Waals surface area contributed by atoms with Gasteiger partial charge in [-0.3, -0.25) is 9.80 Å². The molecular formula is C17H16F3N5O3. The molecular weight excluding hydrogens is 379 g/mol. The highest BCUT2D eigenvalue weighted by atomic mass is 19.4. The third-order valence-electron chi connectivity index (χ3n) is 3.51. The monoisotopic (exact) mass is 395 g/mol. The number of nitrogens with zero attached hydrogens (tertiary/aromatic N) is 4. The van der Waals surface area contributed by atoms with Gasteiger partial charge in [0.1, 0.15) is 18.0 Å². The summed E-state index contributed by atoms with van der Waals surface area (Å²) in [5.41, 5.74) is 0.633. The van der Waals surface area contributed by atoms with Gasteiger partial charge >= 0.3 is 6.36 Å². The molecule has 0 radical (unpaired) electrons. The molecule has 0 bridgehead atoms. The van der Waals surface area contributed by atoms with Crippen LogP contribution >= 0.6 is 0 Å². The number of allylic oxidation sites excluding steroid dienone is 1. The highest BCUT2D eigenvalue weighted by molar-refractivity contribution is 6.05. The molecule has 148 valence electrons. The average Bonchev–Trinajstić information content (AvgIpc) is 3.11. The molecule has 2 heterocycles. The van der Waals surface area contributed by atoms with Crippen LogP contribution in [0.25, 0.3) is 11.4 Å². The number of hydrogen-bond donors (Lipinski definition) is 1. The maximum absolute atomic E-state index is 12.4. The van der Waals surface area contributed by atoms with Gasteiger partial charge in [0, 0.05) is 12.1 Å². The van der Waals surface area contributed by atoms with Crippen molar-refractivity contribution in [3.8, 4) is 17.1 Å². The lowest BCUT2D eigenvalue weighted by Gasteiger charge is -2.19. The lowest BCUT2D eigenvalue weighted by atomic mass is 10.2. The van der Waals surface area contributed by atoms with Crippen molar-refractivity contribution in [3.63, 3.8) is 0 Å². The molecule has 1 N–H and O–H groups in total. The van der Waals surface area contributed by atoms with Crippen LogP contribution in [0.4, 0.5) is 13.2 Å². The van der Waals surface area contributed by atoms with Gasteiger partial charge < -0.3 is 14.6 Å². The minimum atomic E-state index is -4.80. The molecule has 0 unspecified atom stereocenters. The van der Waals surface area contributed by atoms with Crippen molar-refractivity contribution in [2.75, 3.05) is 19.6 Å². The van der Waals surface area contributed by atoms with Crippen LogP contribution in [0.15, 0.2) is 46.0 Å². The summed E-state index contributed by atoms with van der Waals surface area (Å²) in [6.07, 6.45) is -1.35. The third kappa shape index (κ3) is 5.09. The number of nitrogens with one attached hydrogen (secondary N) is 1. The number of hydrazone groups is 1. The number of hydrogen-bond acceptors (Lipinski definition) is 7. The number of aromatic nitrogens is 2. The van der Waals surface area contributed by atoms with Crippen LogP contribution in [0.5, 0.6) is 5.75 Å². The van der Waals surface area contributed by atoms with Crippen LogP contribution in [-0.2, 0) is 4.79 Å². The molecule has 0 spiro atoms. The predicted octanol–water partition coefficient (Wildman–Crippen LogP) is 2.35. The van der Waals surface area contributed by atoms with E-state index in [1.807, 2.05) is 6.92 Å². The zero-order chi connectivity index (χ0) is 20.1. The first kappa shape index (κ1) is 19.4. The highest BCUT2D eigenvalue weighted by Gasteiger charge is 2.31. The van der Waals surface area contributed by atoms with Crippen molar-refractivity contribution in [1.29, 1.82) is 0 Å². The van der Waals surface area contributed by atoms with E-state index in [9.17, 15) is 18.0 Å². The van der Waals surface area contributed by atoms with E-state index < -0.39 is 6.36 Å². The Hall–Kier alpha value is -3.37.